The fourth-order valence-corrected chi connectivity index (χ4v) is 5.58. The second kappa shape index (κ2) is 8.51. The lowest BCUT2D eigenvalue weighted by atomic mass is 9.93. The van der Waals surface area contributed by atoms with Crippen LogP contribution in [0.4, 0.5) is 4.39 Å². The Labute approximate surface area is 187 Å². The minimum atomic E-state index is -0.490. The minimum Gasteiger partial charge on any atom is -0.469 e. The third-order valence-electron chi connectivity index (χ3n) is 5.96. The number of nitrogens with zero attached hydrogens (tertiary/aromatic N) is 4. The fourth-order valence-electron chi connectivity index (χ4n) is 4.33. The molecular formula is C22H21FN4O4S. The average Bonchev–Trinajstić information content (AvgIpc) is 3.54. The van der Waals surface area contributed by atoms with Crippen molar-refractivity contribution in [2.75, 3.05) is 20.2 Å². The maximum atomic E-state index is 13.6. The van der Waals surface area contributed by atoms with Crippen molar-refractivity contribution in [1.29, 1.82) is 0 Å². The van der Waals surface area contributed by atoms with E-state index in [2.05, 4.69) is 15.0 Å². The van der Waals surface area contributed by atoms with E-state index >= 15 is 0 Å². The normalized spacial score (nSPS) is 20.3. The molecule has 32 heavy (non-hydrogen) atoms. The van der Waals surface area contributed by atoms with Crippen molar-refractivity contribution in [3.63, 3.8) is 0 Å². The zero-order chi connectivity index (χ0) is 22.2. The first-order valence-corrected chi connectivity index (χ1v) is 11.2. The van der Waals surface area contributed by atoms with Crippen molar-refractivity contribution >= 4 is 23.6 Å². The Hall–Kier alpha value is -2.98. The van der Waals surface area contributed by atoms with Gasteiger partial charge in [0.15, 0.2) is 10.9 Å². The van der Waals surface area contributed by atoms with Gasteiger partial charge in [0.25, 0.3) is 5.91 Å². The average molecular weight is 456 g/mol. The van der Waals surface area contributed by atoms with Crippen LogP contribution in [0.1, 0.15) is 29.2 Å². The van der Waals surface area contributed by atoms with Crippen molar-refractivity contribution in [3.05, 3.63) is 54.0 Å². The molecule has 1 saturated heterocycles. The Bertz CT molecular complexity index is 1120. The summed E-state index contributed by atoms with van der Waals surface area (Å²) in [5.74, 6) is -0.00727. The predicted octanol–water partition coefficient (Wildman–Crippen LogP) is 3.42. The topological polar surface area (TPSA) is 90.5 Å². The number of hydrogen-bond donors (Lipinski definition) is 0. The first-order chi connectivity index (χ1) is 15.5. The number of likely N-dealkylation sites (tertiary alicyclic amines) is 1. The van der Waals surface area contributed by atoms with Gasteiger partial charge in [0.05, 0.1) is 25.3 Å². The van der Waals surface area contributed by atoms with Crippen LogP contribution in [0.3, 0.4) is 0 Å². The minimum absolute atomic E-state index is 0.148. The molecule has 8 nitrogen and oxygen atoms in total. The van der Waals surface area contributed by atoms with Crippen LogP contribution < -0.4 is 0 Å². The second-order valence-electron chi connectivity index (χ2n) is 7.81. The third kappa shape index (κ3) is 3.73. The molecule has 3 aromatic rings. The zero-order valence-corrected chi connectivity index (χ0v) is 18.1. The summed E-state index contributed by atoms with van der Waals surface area (Å²) in [5, 5.41) is 4.36. The van der Waals surface area contributed by atoms with Gasteiger partial charge in [-0.1, -0.05) is 23.9 Å². The number of piperidine rings is 1. The number of carbonyl (C=O) groups excluding carboxylic acids is 2. The molecule has 1 aromatic carbocycles. The number of ether oxygens (including phenoxy) is 1. The molecule has 2 atom stereocenters. The Balaban J connectivity index is 1.42. The van der Waals surface area contributed by atoms with Crippen LogP contribution >= 0.6 is 11.8 Å². The Morgan fingerprint density at radius 1 is 1.25 bits per heavy atom. The van der Waals surface area contributed by atoms with Gasteiger partial charge in [0.1, 0.15) is 11.1 Å². The lowest BCUT2D eigenvalue weighted by molar-refractivity contribution is -0.147. The summed E-state index contributed by atoms with van der Waals surface area (Å²) in [5.41, 5.74) is 0.839. The fraction of sp³-hybridized carbons (Fsp3) is 0.364. The van der Waals surface area contributed by atoms with Crippen LogP contribution in [0, 0.1) is 11.7 Å². The highest BCUT2D eigenvalue weighted by atomic mass is 32.2. The van der Waals surface area contributed by atoms with Gasteiger partial charge < -0.3 is 9.15 Å². The van der Waals surface area contributed by atoms with E-state index in [-0.39, 0.29) is 29.7 Å². The number of hydrogen-bond acceptors (Lipinski definition) is 8. The molecule has 0 radical (unpaired) electrons. The molecule has 2 aromatic heterocycles. The molecule has 0 N–H and O–H groups in total. The van der Waals surface area contributed by atoms with Crippen LogP contribution in [-0.4, -0.2) is 57.0 Å². The second-order valence-corrected chi connectivity index (χ2v) is 8.92. The molecule has 0 spiro atoms. The standard InChI is InChI=1S/C22H21FN4O4S/c1-30-21(29)14-8-10-26(11-9-14)17(13-4-6-15(23)7-5-13)18-20(28)27-22(32-18)24-19(25-27)16-3-2-12-31-16/h2-7,12,14,17-18H,8-11H2,1H3. The van der Waals surface area contributed by atoms with Crippen LogP contribution in [0.15, 0.2) is 52.2 Å². The maximum absolute atomic E-state index is 13.6. The number of benzene rings is 1. The summed E-state index contributed by atoms with van der Waals surface area (Å²) in [6, 6.07) is 9.40. The highest BCUT2D eigenvalue weighted by Gasteiger charge is 2.44. The number of carbonyl (C=O) groups is 2. The number of rotatable bonds is 5. The van der Waals surface area contributed by atoms with Gasteiger partial charge in [0.2, 0.25) is 5.82 Å². The molecule has 0 bridgehead atoms. The van der Waals surface area contributed by atoms with Crippen molar-refractivity contribution in [3.8, 4) is 11.6 Å². The number of furan rings is 1. The summed E-state index contributed by atoms with van der Waals surface area (Å²) in [7, 11) is 1.40. The Kier molecular flexibility index (Phi) is 5.56. The van der Waals surface area contributed by atoms with E-state index in [9.17, 15) is 14.0 Å². The molecule has 0 amide bonds. The van der Waals surface area contributed by atoms with E-state index in [4.69, 9.17) is 9.15 Å². The van der Waals surface area contributed by atoms with E-state index in [1.165, 1.54) is 41.9 Å². The van der Waals surface area contributed by atoms with E-state index < -0.39 is 5.25 Å². The number of thioether (sulfide) groups is 1. The first-order valence-electron chi connectivity index (χ1n) is 10.3. The Morgan fingerprint density at radius 2 is 2.00 bits per heavy atom. The highest BCUT2D eigenvalue weighted by Crippen LogP contribution is 2.42. The molecule has 5 rings (SSSR count). The van der Waals surface area contributed by atoms with Gasteiger partial charge in [-0.05, 0) is 55.8 Å². The molecule has 10 heteroatoms. The third-order valence-corrected chi connectivity index (χ3v) is 7.15. The number of methoxy groups -OCH3 is 1. The van der Waals surface area contributed by atoms with Gasteiger partial charge in [-0.15, -0.1) is 5.10 Å². The van der Waals surface area contributed by atoms with Gasteiger partial charge in [-0.2, -0.15) is 9.67 Å². The lowest BCUT2D eigenvalue weighted by Crippen LogP contribution is -2.44. The van der Waals surface area contributed by atoms with Gasteiger partial charge in [-0.3, -0.25) is 14.5 Å². The SMILES string of the molecule is COC(=O)C1CCN(C(c2ccc(F)cc2)C2Sc3nc(-c4ccco4)nn3C2=O)CC1. The smallest absolute Gasteiger partial charge is 0.308 e. The van der Waals surface area contributed by atoms with E-state index in [0.29, 0.717) is 42.7 Å². The molecule has 166 valence electrons. The van der Waals surface area contributed by atoms with Gasteiger partial charge in [-0.25, -0.2) is 4.39 Å². The van der Waals surface area contributed by atoms with Crippen LogP contribution in [-0.2, 0) is 9.53 Å². The monoisotopic (exact) mass is 456 g/mol. The summed E-state index contributed by atoms with van der Waals surface area (Å²) < 4.78 is 25.2. The van der Waals surface area contributed by atoms with Crippen LogP contribution in [0.5, 0.6) is 0 Å². The number of esters is 1. The summed E-state index contributed by atoms with van der Waals surface area (Å²) in [6.45, 7) is 1.25. The van der Waals surface area contributed by atoms with E-state index in [0.717, 1.165) is 5.56 Å². The molecule has 0 aliphatic carbocycles. The van der Waals surface area contributed by atoms with E-state index in [1.54, 1.807) is 24.3 Å². The Morgan fingerprint density at radius 3 is 2.62 bits per heavy atom. The molecule has 0 saturated carbocycles. The number of fused-ring (bicyclic) bond motifs is 1. The predicted molar refractivity (Wildman–Crippen MR) is 113 cm³/mol. The molecule has 2 unspecified atom stereocenters. The summed E-state index contributed by atoms with van der Waals surface area (Å²) in [4.78, 5) is 32.0. The van der Waals surface area contributed by atoms with Crippen LogP contribution in [0.25, 0.3) is 11.6 Å². The molecule has 2 aliphatic rings. The van der Waals surface area contributed by atoms with Gasteiger partial charge >= 0.3 is 5.97 Å². The zero-order valence-electron chi connectivity index (χ0n) is 17.3. The first kappa shape index (κ1) is 20.9. The van der Waals surface area contributed by atoms with Crippen molar-refractivity contribution in [2.45, 2.75) is 29.3 Å². The highest BCUT2D eigenvalue weighted by molar-refractivity contribution is 8.00. The van der Waals surface area contributed by atoms with Crippen molar-refractivity contribution in [2.24, 2.45) is 5.92 Å². The largest absolute Gasteiger partial charge is 0.469 e. The molecule has 1 fully saturated rings. The lowest BCUT2D eigenvalue weighted by Gasteiger charge is -2.38. The summed E-state index contributed by atoms with van der Waals surface area (Å²) in [6.07, 6.45) is 2.81. The number of aromatic nitrogens is 3. The quantitative estimate of drug-likeness (QED) is 0.540. The van der Waals surface area contributed by atoms with Crippen molar-refractivity contribution in [1.82, 2.24) is 19.7 Å². The van der Waals surface area contributed by atoms with Gasteiger partial charge in [0, 0.05) is 0 Å². The molecule has 2 aliphatic heterocycles. The molecule has 4 heterocycles. The van der Waals surface area contributed by atoms with E-state index in [1.807, 2.05) is 0 Å². The number of halogens is 1. The van der Waals surface area contributed by atoms with Crippen molar-refractivity contribution < 1.29 is 23.1 Å². The molecular weight excluding hydrogens is 435 g/mol. The van der Waals surface area contributed by atoms with Crippen LogP contribution in [0.2, 0.25) is 0 Å². The summed E-state index contributed by atoms with van der Waals surface area (Å²) >= 11 is 1.35. The maximum Gasteiger partial charge on any atom is 0.308 e.